The number of carbonyl (C=O) groups excluding carboxylic acids is 2. The first-order valence-corrected chi connectivity index (χ1v) is 9.51. The van der Waals surface area contributed by atoms with E-state index in [0.29, 0.717) is 35.7 Å². The molecule has 1 atom stereocenters. The van der Waals surface area contributed by atoms with E-state index in [1.807, 2.05) is 42.5 Å². The molecule has 5 rings (SSSR count). The number of pyridine rings is 1. The second-order valence-corrected chi connectivity index (χ2v) is 6.98. The molecule has 0 aliphatic carbocycles. The number of benzene rings is 1. The lowest BCUT2D eigenvalue weighted by Crippen LogP contribution is -2.37. The van der Waals surface area contributed by atoms with E-state index in [4.69, 9.17) is 0 Å². The van der Waals surface area contributed by atoms with Crippen molar-refractivity contribution in [3.05, 3.63) is 60.9 Å². The van der Waals surface area contributed by atoms with Gasteiger partial charge in [-0.15, -0.1) is 10.2 Å². The molecule has 0 spiro atoms. The molecule has 30 heavy (non-hydrogen) atoms. The number of anilines is 1. The van der Waals surface area contributed by atoms with Gasteiger partial charge < -0.3 is 10.6 Å². The summed E-state index contributed by atoms with van der Waals surface area (Å²) >= 11 is 0. The fraction of sp³-hybridized carbons (Fsp3) is 0.143. The van der Waals surface area contributed by atoms with Crippen molar-refractivity contribution in [1.82, 2.24) is 30.1 Å². The van der Waals surface area contributed by atoms with Crippen molar-refractivity contribution in [3.8, 4) is 22.6 Å². The van der Waals surface area contributed by atoms with E-state index >= 15 is 0 Å². The van der Waals surface area contributed by atoms with Gasteiger partial charge in [0.15, 0.2) is 11.5 Å². The topological polar surface area (TPSA) is 114 Å². The zero-order valence-corrected chi connectivity index (χ0v) is 15.8. The minimum atomic E-state index is -0.491. The van der Waals surface area contributed by atoms with Gasteiger partial charge in [-0.2, -0.15) is 9.61 Å². The minimum absolute atomic E-state index is 0.0974. The molecule has 9 nitrogen and oxygen atoms in total. The molecule has 2 N–H and O–H groups in total. The van der Waals surface area contributed by atoms with Gasteiger partial charge in [-0.1, -0.05) is 12.1 Å². The fourth-order valence-corrected chi connectivity index (χ4v) is 3.41. The standard InChI is InChI=1S/C21H17N7O2/c29-19-9-7-17(24-19)21(30)23-15-5-1-3-13(11-15)16-6-8-18-25-26-20(28(18)27-16)14-4-2-10-22-12-14/h1-6,8,10-12,17H,7,9H2,(H,23,30)(H,24,29). The Morgan fingerprint density at radius 3 is 2.80 bits per heavy atom. The summed E-state index contributed by atoms with van der Waals surface area (Å²) in [5, 5.41) is 18.6. The first kappa shape index (κ1) is 17.9. The van der Waals surface area contributed by atoms with E-state index in [1.165, 1.54) is 0 Å². The van der Waals surface area contributed by atoms with Crippen LogP contribution >= 0.6 is 0 Å². The largest absolute Gasteiger partial charge is 0.344 e. The van der Waals surface area contributed by atoms with Crippen LogP contribution < -0.4 is 10.6 Å². The third-order valence-corrected chi connectivity index (χ3v) is 4.92. The Bertz CT molecular complexity index is 1250. The van der Waals surface area contributed by atoms with Crippen LogP contribution in [0.4, 0.5) is 5.69 Å². The van der Waals surface area contributed by atoms with Crippen LogP contribution in [-0.2, 0) is 9.59 Å². The Morgan fingerprint density at radius 2 is 2.00 bits per heavy atom. The van der Waals surface area contributed by atoms with E-state index in [-0.39, 0.29) is 11.8 Å². The summed E-state index contributed by atoms with van der Waals surface area (Å²) < 4.78 is 1.67. The van der Waals surface area contributed by atoms with E-state index in [0.717, 1.165) is 11.1 Å². The molecule has 2 amide bonds. The van der Waals surface area contributed by atoms with Crippen molar-refractivity contribution in [2.24, 2.45) is 0 Å². The van der Waals surface area contributed by atoms with Crippen LogP contribution in [0.1, 0.15) is 12.8 Å². The van der Waals surface area contributed by atoms with Crippen LogP contribution in [0.15, 0.2) is 60.9 Å². The molecular formula is C21H17N7O2. The Labute approximate surface area is 171 Å². The highest BCUT2D eigenvalue weighted by atomic mass is 16.2. The summed E-state index contributed by atoms with van der Waals surface area (Å²) in [4.78, 5) is 27.9. The van der Waals surface area contributed by atoms with Crippen molar-refractivity contribution < 1.29 is 9.59 Å². The van der Waals surface area contributed by atoms with Crippen molar-refractivity contribution in [1.29, 1.82) is 0 Å². The molecule has 1 saturated heterocycles. The highest BCUT2D eigenvalue weighted by molar-refractivity contribution is 5.99. The highest BCUT2D eigenvalue weighted by Crippen LogP contribution is 2.23. The predicted octanol–water partition coefficient (Wildman–Crippen LogP) is 2.07. The van der Waals surface area contributed by atoms with Gasteiger partial charge in [-0.05, 0) is 42.8 Å². The summed E-state index contributed by atoms with van der Waals surface area (Å²) in [5.74, 6) is 0.278. The second kappa shape index (κ2) is 7.36. The van der Waals surface area contributed by atoms with Crippen LogP contribution in [0.25, 0.3) is 28.3 Å². The van der Waals surface area contributed by atoms with E-state index in [9.17, 15) is 9.59 Å². The van der Waals surface area contributed by atoms with Gasteiger partial charge >= 0.3 is 0 Å². The van der Waals surface area contributed by atoms with Gasteiger partial charge in [0, 0.05) is 35.6 Å². The lowest BCUT2D eigenvalue weighted by molar-refractivity contribution is -0.122. The van der Waals surface area contributed by atoms with Crippen LogP contribution in [0.3, 0.4) is 0 Å². The van der Waals surface area contributed by atoms with Gasteiger partial charge in [0.25, 0.3) is 0 Å². The number of nitrogens with one attached hydrogen (secondary N) is 2. The molecule has 4 aromatic rings. The van der Waals surface area contributed by atoms with Crippen LogP contribution in [0.2, 0.25) is 0 Å². The SMILES string of the molecule is O=C1CCC(C(=O)Nc2cccc(-c3ccc4nnc(-c5cccnc5)n4n3)c2)N1. The monoisotopic (exact) mass is 399 g/mol. The summed E-state index contributed by atoms with van der Waals surface area (Å²) in [6, 6.07) is 14.3. The molecule has 1 fully saturated rings. The van der Waals surface area contributed by atoms with E-state index in [2.05, 4.69) is 30.9 Å². The summed E-state index contributed by atoms with van der Waals surface area (Å²) in [6.45, 7) is 0. The zero-order chi connectivity index (χ0) is 20.5. The average Bonchev–Trinajstić information content (AvgIpc) is 3.40. The summed E-state index contributed by atoms with van der Waals surface area (Å²) in [7, 11) is 0. The quantitative estimate of drug-likeness (QED) is 0.543. The lowest BCUT2D eigenvalue weighted by Gasteiger charge is -2.12. The minimum Gasteiger partial charge on any atom is -0.344 e. The normalized spacial score (nSPS) is 15.9. The maximum atomic E-state index is 12.4. The predicted molar refractivity (Wildman–Crippen MR) is 109 cm³/mol. The van der Waals surface area contributed by atoms with Gasteiger partial charge in [0.05, 0.1) is 5.69 Å². The Balaban J connectivity index is 1.45. The number of hydrogen-bond donors (Lipinski definition) is 2. The molecule has 1 unspecified atom stereocenters. The first-order chi connectivity index (χ1) is 14.7. The Kier molecular flexibility index (Phi) is 4.40. The molecule has 1 aromatic carbocycles. The number of nitrogens with zero attached hydrogens (tertiary/aromatic N) is 5. The Morgan fingerprint density at radius 1 is 1.10 bits per heavy atom. The second-order valence-electron chi connectivity index (χ2n) is 6.98. The number of fused-ring (bicyclic) bond motifs is 1. The molecular weight excluding hydrogens is 382 g/mol. The first-order valence-electron chi connectivity index (χ1n) is 9.51. The van der Waals surface area contributed by atoms with Crippen molar-refractivity contribution in [3.63, 3.8) is 0 Å². The van der Waals surface area contributed by atoms with Crippen molar-refractivity contribution in [2.45, 2.75) is 18.9 Å². The molecule has 0 bridgehead atoms. The van der Waals surface area contributed by atoms with Gasteiger partial charge in [-0.3, -0.25) is 14.6 Å². The van der Waals surface area contributed by atoms with Gasteiger partial charge in [0.1, 0.15) is 6.04 Å². The fourth-order valence-electron chi connectivity index (χ4n) is 3.41. The summed E-state index contributed by atoms with van der Waals surface area (Å²) in [5.41, 5.74) is 3.61. The molecule has 1 aliphatic heterocycles. The van der Waals surface area contributed by atoms with Crippen molar-refractivity contribution in [2.75, 3.05) is 5.32 Å². The van der Waals surface area contributed by atoms with Gasteiger partial charge in [-0.25, -0.2) is 0 Å². The molecule has 9 heteroatoms. The number of aromatic nitrogens is 5. The van der Waals surface area contributed by atoms with E-state index in [1.54, 1.807) is 23.0 Å². The molecule has 4 heterocycles. The van der Waals surface area contributed by atoms with Crippen molar-refractivity contribution >= 4 is 23.1 Å². The number of hydrogen-bond acceptors (Lipinski definition) is 6. The van der Waals surface area contributed by atoms with Crippen LogP contribution in [0, 0.1) is 0 Å². The third kappa shape index (κ3) is 3.37. The smallest absolute Gasteiger partial charge is 0.246 e. The molecule has 0 radical (unpaired) electrons. The Hall–Kier alpha value is -4.14. The highest BCUT2D eigenvalue weighted by Gasteiger charge is 2.27. The third-order valence-electron chi connectivity index (χ3n) is 4.92. The van der Waals surface area contributed by atoms with Gasteiger partial charge in [0.2, 0.25) is 11.8 Å². The average molecular weight is 399 g/mol. The molecule has 148 valence electrons. The molecule has 3 aromatic heterocycles. The number of amides is 2. The zero-order valence-electron chi connectivity index (χ0n) is 15.8. The van der Waals surface area contributed by atoms with Crippen LogP contribution in [0.5, 0.6) is 0 Å². The van der Waals surface area contributed by atoms with E-state index < -0.39 is 6.04 Å². The lowest BCUT2D eigenvalue weighted by atomic mass is 10.1. The maximum Gasteiger partial charge on any atom is 0.246 e. The van der Waals surface area contributed by atoms with Crippen LogP contribution in [-0.4, -0.2) is 42.7 Å². The summed E-state index contributed by atoms with van der Waals surface area (Å²) in [6.07, 6.45) is 4.29. The molecule has 0 saturated carbocycles. The number of rotatable bonds is 4. The molecule has 1 aliphatic rings. The number of carbonyl (C=O) groups is 2. The maximum absolute atomic E-state index is 12.4.